The van der Waals surface area contributed by atoms with Crippen molar-refractivity contribution in [2.24, 2.45) is 0 Å². The maximum absolute atomic E-state index is 2.93. The van der Waals surface area contributed by atoms with Crippen molar-refractivity contribution in [3.63, 3.8) is 0 Å². The van der Waals surface area contributed by atoms with E-state index in [-0.39, 0.29) is 0 Å². The molecular weight excluding hydrogens is 278 g/mol. The Bertz CT molecular complexity index is 466. The van der Waals surface area contributed by atoms with Gasteiger partial charge >= 0.3 is 0 Å². The van der Waals surface area contributed by atoms with Crippen molar-refractivity contribution < 1.29 is 0 Å². The summed E-state index contributed by atoms with van der Waals surface area (Å²) in [5, 5.41) is 0. The Morgan fingerprint density at radius 2 is 1.17 bits per heavy atom. The molecule has 0 aliphatic heterocycles. The van der Waals surface area contributed by atoms with Crippen LogP contribution >= 0.6 is 0 Å². The third-order valence-electron chi connectivity index (χ3n) is 6.27. The molecule has 3 rings (SSSR count). The molecule has 0 atom stereocenters. The summed E-state index contributed by atoms with van der Waals surface area (Å²) in [7, 11) is 0. The van der Waals surface area contributed by atoms with Gasteiger partial charge < -0.3 is 0 Å². The molecule has 0 N–H and O–H groups in total. The fourth-order valence-corrected chi connectivity index (χ4v) is 5.02. The van der Waals surface area contributed by atoms with E-state index in [1.807, 2.05) is 0 Å². The molecule has 0 unspecified atom stereocenters. The highest BCUT2D eigenvalue weighted by atomic mass is 15.2. The zero-order valence-electron chi connectivity index (χ0n) is 15.5. The van der Waals surface area contributed by atoms with Crippen molar-refractivity contribution in [2.75, 3.05) is 0 Å². The van der Waals surface area contributed by atoms with Crippen LogP contribution in [0.2, 0.25) is 0 Å². The molecule has 0 bridgehead atoms. The van der Waals surface area contributed by atoms with Gasteiger partial charge in [0, 0.05) is 18.6 Å². The smallest absolute Gasteiger partial charge is 0.0244 e. The zero-order valence-corrected chi connectivity index (χ0v) is 15.5. The molecule has 1 nitrogen and oxygen atoms in total. The summed E-state index contributed by atoms with van der Waals surface area (Å²) in [5.74, 6) is 0. The van der Waals surface area contributed by atoms with Crippen LogP contribution in [-0.2, 0) is 6.54 Å². The molecule has 2 saturated carbocycles. The van der Waals surface area contributed by atoms with E-state index in [1.165, 1.54) is 87.4 Å². The lowest BCUT2D eigenvalue weighted by Crippen LogP contribution is -2.44. The largest absolute Gasteiger partial charge is 0.293 e. The average Bonchev–Trinajstić information content (AvgIpc) is 2.56. The number of hydrogen-bond donors (Lipinski definition) is 0. The quantitative estimate of drug-likeness (QED) is 0.651. The summed E-state index contributed by atoms with van der Waals surface area (Å²) in [5.41, 5.74) is 6.01. The summed E-state index contributed by atoms with van der Waals surface area (Å²) in [6, 6.07) is 6.43. The van der Waals surface area contributed by atoms with Gasteiger partial charge in [-0.2, -0.15) is 0 Å². The summed E-state index contributed by atoms with van der Waals surface area (Å²) in [6.07, 6.45) is 14.4. The SMILES string of the molecule is Cc1cc(C)c(CN(C2CCCCC2)C2CCCCC2)c(C)c1. The van der Waals surface area contributed by atoms with E-state index in [9.17, 15) is 0 Å². The van der Waals surface area contributed by atoms with Crippen molar-refractivity contribution >= 4 is 0 Å². The molecule has 128 valence electrons. The second-order valence-corrected chi connectivity index (χ2v) is 8.13. The molecule has 0 saturated heterocycles. The van der Waals surface area contributed by atoms with Crippen molar-refractivity contribution in [1.82, 2.24) is 4.90 Å². The van der Waals surface area contributed by atoms with Crippen LogP contribution in [0.4, 0.5) is 0 Å². The van der Waals surface area contributed by atoms with Crippen LogP contribution < -0.4 is 0 Å². The van der Waals surface area contributed by atoms with E-state index in [1.54, 1.807) is 5.56 Å². The molecule has 0 aromatic heterocycles. The zero-order chi connectivity index (χ0) is 16.2. The minimum Gasteiger partial charge on any atom is -0.293 e. The van der Waals surface area contributed by atoms with Crippen LogP contribution in [0.25, 0.3) is 0 Å². The predicted molar refractivity (Wildman–Crippen MR) is 99.9 cm³/mol. The molecule has 2 aliphatic carbocycles. The topological polar surface area (TPSA) is 3.24 Å². The third-order valence-corrected chi connectivity index (χ3v) is 6.27. The Morgan fingerprint density at radius 3 is 1.61 bits per heavy atom. The second-order valence-electron chi connectivity index (χ2n) is 8.13. The highest BCUT2D eigenvalue weighted by molar-refractivity contribution is 5.37. The van der Waals surface area contributed by atoms with Gasteiger partial charge in [0.15, 0.2) is 0 Å². The molecule has 23 heavy (non-hydrogen) atoms. The first-order valence-electron chi connectivity index (χ1n) is 9.97. The van der Waals surface area contributed by atoms with E-state index >= 15 is 0 Å². The molecule has 1 aromatic rings. The molecule has 0 radical (unpaired) electrons. The van der Waals surface area contributed by atoms with Crippen molar-refractivity contribution in [2.45, 2.75) is 104 Å². The number of nitrogens with zero attached hydrogens (tertiary/aromatic N) is 1. The molecule has 2 aliphatic rings. The summed E-state index contributed by atoms with van der Waals surface area (Å²) in [6.45, 7) is 8.04. The lowest BCUT2D eigenvalue weighted by molar-refractivity contribution is 0.0727. The summed E-state index contributed by atoms with van der Waals surface area (Å²) < 4.78 is 0. The Kier molecular flexibility index (Phi) is 5.80. The van der Waals surface area contributed by atoms with Gasteiger partial charge in [0.05, 0.1) is 0 Å². The fourth-order valence-electron chi connectivity index (χ4n) is 5.02. The minimum atomic E-state index is 0.840. The van der Waals surface area contributed by atoms with Gasteiger partial charge in [-0.25, -0.2) is 0 Å². The maximum atomic E-state index is 2.93. The van der Waals surface area contributed by atoms with E-state index < -0.39 is 0 Å². The predicted octanol–water partition coefficient (Wildman–Crippen LogP) is 6.08. The molecule has 0 heterocycles. The monoisotopic (exact) mass is 313 g/mol. The third kappa shape index (κ3) is 4.18. The van der Waals surface area contributed by atoms with Crippen LogP contribution in [0.5, 0.6) is 0 Å². The Balaban J connectivity index is 1.82. The highest BCUT2D eigenvalue weighted by Crippen LogP contribution is 2.32. The van der Waals surface area contributed by atoms with Gasteiger partial charge in [-0.1, -0.05) is 56.2 Å². The highest BCUT2D eigenvalue weighted by Gasteiger charge is 2.29. The first kappa shape index (κ1) is 17.0. The normalized spacial score (nSPS) is 21.0. The molecule has 1 aromatic carbocycles. The number of rotatable bonds is 4. The number of hydrogen-bond acceptors (Lipinski definition) is 1. The van der Waals surface area contributed by atoms with Gasteiger partial charge in [-0.15, -0.1) is 0 Å². The standard InChI is InChI=1S/C22H35N/c1-17-14-18(2)22(19(3)15-17)16-23(20-10-6-4-7-11-20)21-12-8-5-9-13-21/h14-15,20-21H,4-13,16H2,1-3H3. The van der Waals surface area contributed by atoms with Crippen LogP contribution in [0.3, 0.4) is 0 Å². The van der Waals surface area contributed by atoms with Crippen LogP contribution in [0, 0.1) is 20.8 Å². The van der Waals surface area contributed by atoms with Gasteiger partial charge in [-0.3, -0.25) is 4.90 Å². The molecular formula is C22H35N. The first-order valence-corrected chi connectivity index (χ1v) is 9.97. The molecule has 1 heteroatoms. The van der Waals surface area contributed by atoms with Gasteiger partial charge in [0.2, 0.25) is 0 Å². The number of benzene rings is 1. The van der Waals surface area contributed by atoms with Crippen molar-refractivity contribution in [3.8, 4) is 0 Å². The van der Waals surface area contributed by atoms with Gasteiger partial charge in [0.25, 0.3) is 0 Å². The summed E-state index contributed by atoms with van der Waals surface area (Å²) in [4.78, 5) is 2.93. The van der Waals surface area contributed by atoms with Crippen LogP contribution in [-0.4, -0.2) is 17.0 Å². The Morgan fingerprint density at radius 1 is 0.739 bits per heavy atom. The lowest BCUT2D eigenvalue weighted by atomic mass is 9.87. The van der Waals surface area contributed by atoms with Crippen molar-refractivity contribution in [3.05, 3.63) is 34.4 Å². The Labute approximate surface area is 143 Å². The van der Waals surface area contributed by atoms with Crippen LogP contribution in [0.15, 0.2) is 12.1 Å². The van der Waals surface area contributed by atoms with Gasteiger partial charge in [-0.05, 0) is 63.1 Å². The average molecular weight is 314 g/mol. The minimum absolute atomic E-state index is 0.840. The second kappa shape index (κ2) is 7.83. The van der Waals surface area contributed by atoms with E-state index in [0.717, 1.165) is 12.1 Å². The lowest BCUT2D eigenvalue weighted by Gasteiger charge is -2.42. The molecule has 0 spiro atoms. The summed E-state index contributed by atoms with van der Waals surface area (Å²) >= 11 is 0. The fraction of sp³-hybridized carbons (Fsp3) is 0.727. The molecule has 2 fully saturated rings. The van der Waals surface area contributed by atoms with Crippen molar-refractivity contribution in [1.29, 1.82) is 0 Å². The van der Waals surface area contributed by atoms with Crippen LogP contribution in [0.1, 0.15) is 86.5 Å². The number of aryl methyl sites for hydroxylation is 3. The van der Waals surface area contributed by atoms with Gasteiger partial charge in [0.1, 0.15) is 0 Å². The van der Waals surface area contributed by atoms with E-state index in [2.05, 4.69) is 37.8 Å². The first-order chi connectivity index (χ1) is 11.1. The van der Waals surface area contributed by atoms with E-state index in [0.29, 0.717) is 0 Å². The Hall–Kier alpha value is -0.820. The van der Waals surface area contributed by atoms with E-state index in [4.69, 9.17) is 0 Å². The molecule has 0 amide bonds. The maximum Gasteiger partial charge on any atom is 0.0244 e.